The summed E-state index contributed by atoms with van der Waals surface area (Å²) in [5.74, 6) is -3.13. The van der Waals surface area contributed by atoms with Gasteiger partial charge >= 0.3 is 5.97 Å². The predicted octanol–water partition coefficient (Wildman–Crippen LogP) is 0.924. The minimum Gasteiger partial charge on any atom is -0.480 e. The Balaban J connectivity index is 2.19. The van der Waals surface area contributed by atoms with E-state index in [0.29, 0.717) is 0 Å². The number of rotatable bonds is 13. The molecule has 0 aliphatic rings. The number of nitrogens with one attached hydrogen (secondary N) is 3. The number of carboxylic acids is 1. The van der Waals surface area contributed by atoms with E-state index in [9.17, 15) is 24.3 Å². The van der Waals surface area contributed by atoms with Crippen molar-refractivity contribution in [2.75, 3.05) is 5.75 Å². The first-order valence-electron chi connectivity index (χ1n) is 11.7. The molecule has 0 spiro atoms. The Morgan fingerprint density at radius 2 is 1.17 bits per heavy atom. The average molecular weight is 515 g/mol. The second kappa shape index (κ2) is 14.3. The van der Waals surface area contributed by atoms with Crippen molar-refractivity contribution in [3.8, 4) is 0 Å². The quantitative estimate of drug-likeness (QED) is 0.219. The van der Waals surface area contributed by atoms with Crippen molar-refractivity contribution in [3.63, 3.8) is 0 Å². The lowest BCUT2D eigenvalue weighted by Gasteiger charge is -2.25. The molecule has 2 rings (SSSR count). The van der Waals surface area contributed by atoms with Gasteiger partial charge in [-0.05, 0) is 17.0 Å². The number of nitrogens with two attached hydrogens (primary N) is 1. The molecule has 194 valence electrons. The van der Waals surface area contributed by atoms with Gasteiger partial charge in [0.25, 0.3) is 0 Å². The maximum absolute atomic E-state index is 13.2. The van der Waals surface area contributed by atoms with E-state index >= 15 is 0 Å². The van der Waals surface area contributed by atoms with E-state index in [1.165, 1.54) is 0 Å². The predicted molar refractivity (Wildman–Crippen MR) is 140 cm³/mol. The Kier molecular flexibility index (Phi) is 11.4. The van der Waals surface area contributed by atoms with Gasteiger partial charge in [-0.25, -0.2) is 4.79 Å². The molecule has 3 amide bonds. The van der Waals surface area contributed by atoms with Crippen LogP contribution >= 0.6 is 12.6 Å². The van der Waals surface area contributed by atoms with E-state index in [2.05, 4.69) is 28.6 Å². The van der Waals surface area contributed by atoms with Gasteiger partial charge in [0.1, 0.15) is 18.1 Å². The van der Waals surface area contributed by atoms with E-state index in [1.54, 1.807) is 62.4 Å². The first kappa shape index (κ1) is 28.9. The molecular formula is C26H34N4O5S. The molecule has 0 aromatic heterocycles. The van der Waals surface area contributed by atoms with Crippen molar-refractivity contribution in [1.82, 2.24) is 16.0 Å². The topological polar surface area (TPSA) is 151 Å². The number of hydrogen-bond donors (Lipinski definition) is 6. The Labute approximate surface area is 216 Å². The summed E-state index contributed by atoms with van der Waals surface area (Å²) >= 11 is 4.17. The summed E-state index contributed by atoms with van der Waals surface area (Å²) in [6, 6.07) is 13.8. The Hall–Kier alpha value is -3.37. The van der Waals surface area contributed by atoms with Crippen molar-refractivity contribution in [3.05, 3.63) is 71.8 Å². The van der Waals surface area contributed by atoms with E-state index in [4.69, 9.17) is 5.73 Å². The molecule has 4 atom stereocenters. The summed E-state index contributed by atoms with van der Waals surface area (Å²) < 4.78 is 0. The summed E-state index contributed by atoms with van der Waals surface area (Å²) in [6.45, 7) is 3.57. The molecule has 0 heterocycles. The number of carboxylic acid groups (broad SMARTS) is 1. The maximum Gasteiger partial charge on any atom is 0.326 e. The number of thiol groups is 1. The molecule has 0 aliphatic heterocycles. The standard InChI is InChI=1S/C26H34N4O5S/c1-16(2)22(27)25(33)30-21(15-36)24(32)28-19(13-17-9-5-3-6-10-17)23(31)29-20(26(34)35)14-18-11-7-4-8-12-18/h3-12,16,19-22,36H,13-15,27H2,1-2H3,(H,28,32)(H,29,31)(H,30,33)(H,34,35). The summed E-state index contributed by atoms with van der Waals surface area (Å²) in [4.78, 5) is 50.4. The van der Waals surface area contributed by atoms with E-state index in [0.717, 1.165) is 11.1 Å². The second-order valence-electron chi connectivity index (χ2n) is 8.85. The first-order chi connectivity index (χ1) is 17.1. The highest BCUT2D eigenvalue weighted by atomic mass is 32.1. The van der Waals surface area contributed by atoms with Crippen LogP contribution in [-0.4, -0.2) is 58.7 Å². The maximum atomic E-state index is 13.2. The highest BCUT2D eigenvalue weighted by Crippen LogP contribution is 2.08. The number of aliphatic carboxylic acids is 1. The fourth-order valence-electron chi connectivity index (χ4n) is 3.42. The lowest BCUT2D eigenvalue weighted by atomic mass is 10.0. The monoisotopic (exact) mass is 514 g/mol. The van der Waals surface area contributed by atoms with Crippen LogP contribution in [0, 0.1) is 5.92 Å². The third-order valence-electron chi connectivity index (χ3n) is 5.65. The molecule has 9 nitrogen and oxygen atoms in total. The number of hydrogen-bond acceptors (Lipinski definition) is 6. The van der Waals surface area contributed by atoms with Crippen LogP contribution in [0.2, 0.25) is 0 Å². The number of carbonyl (C=O) groups is 4. The van der Waals surface area contributed by atoms with Gasteiger partial charge in [0, 0.05) is 18.6 Å². The van der Waals surface area contributed by atoms with Gasteiger partial charge in [0.15, 0.2) is 0 Å². The van der Waals surface area contributed by atoms with Crippen LogP contribution in [0.5, 0.6) is 0 Å². The van der Waals surface area contributed by atoms with Crippen molar-refractivity contribution >= 4 is 36.3 Å². The molecule has 4 unspecified atom stereocenters. The zero-order chi connectivity index (χ0) is 26.7. The molecule has 2 aromatic rings. The molecule has 2 aromatic carbocycles. The van der Waals surface area contributed by atoms with Crippen LogP contribution in [0.15, 0.2) is 60.7 Å². The number of carbonyl (C=O) groups excluding carboxylic acids is 3. The highest BCUT2D eigenvalue weighted by molar-refractivity contribution is 7.80. The molecule has 0 bridgehead atoms. The smallest absolute Gasteiger partial charge is 0.326 e. The Morgan fingerprint density at radius 3 is 1.61 bits per heavy atom. The Bertz CT molecular complexity index is 1020. The molecular weight excluding hydrogens is 480 g/mol. The normalized spacial score (nSPS) is 14.2. The van der Waals surface area contributed by atoms with E-state index in [1.807, 2.05) is 12.1 Å². The van der Waals surface area contributed by atoms with Crippen LogP contribution in [-0.2, 0) is 32.0 Å². The third-order valence-corrected chi connectivity index (χ3v) is 6.01. The summed E-state index contributed by atoms with van der Waals surface area (Å²) in [6.07, 6.45) is 0.200. The zero-order valence-electron chi connectivity index (χ0n) is 20.4. The molecule has 10 heteroatoms. The van der Waals surface area contributed by atoms with Crippen LogP contribution in [0.1, 0.15) is 25.0 Å². The zero-order valence-corrected chi connectivity index (χ0v) is 21.3. The third kappa shape index (κ3) is 9.01. The minimum atomic E-state index is -1.19. The van der Waals surface area contributed by atoms with Crippen molar-refractivity contribution in [1.29, 1.82) is 0 Å². The molecule has 0 saturated carbocycles. The summed E-state index contributed by atoms with van der Waals surface area (Å²) in [7, 11) is 0. The first-order valence-corrected chi connectivity index (χ1v) is 12.3. The van der Waals surface area contributed by atoms with E-state index in [-0.39, 0.29) is 24.5 Å². The second-order valence-corrected chi connectivity index (χ2v) is 9.22. The summed E-state index contributed by atoms with van der Waals surface area (Å²) in [5, 5.41) is 17.4. The molecule has 0 aliphatic carbocycles. The van der Waals surface area contributed by atoms with Crippen LogP contribution in [0.3, 0.4) is 0 Å². The fourth-order valence-corrected chi connectivity index (χ4v) is 3.68. The van der Waals surface area contributed by atoms with Gasteiger partial charge < -0.3 is 26.8 Å². The van der Waals surface area contributed by atoms with Gasteiger partial charge in [0.05, 0.1) is 6.04 Å². The Morgan fingerprint density at radius 1 is 0.750 bits per heavy atom. The highest BCUT2D eigenvalue weighted by Gasteiger charge is 2.30. The number of amides is 3. The van der Waals surface area contributed by atoms with Gasteiger partial charge in [-0.2, -0.15) is 12.6 Å². The van der Waals surface area contributed by atoms with Crippen LogP contribution < -0.4 is 21.7 Å². The van der Waals surface area contributed by atoms with Crippen LogP contribution in [0.25, 0.3) is 0 Å². The van der Waals surface area contributed by atoms with Gasteiger partial charge in [0.2, 0.25) is 17.7 Å². The molecule has 0 fully saturated rings. The van der Waals surface area contributed by atoms with Gasteiger partial charge in [-0.15, -0.1) is 0 Å². The largest absolute Gasteiger partial charge is 0.480 e. The lowest BCUT2D eigenvalue weighted by Crippen LogP contribution is -2.58. The average Bonchev–Trinajstić information content (AvgIpc) is 2.86. The fraction of sp³-hybridized carbons (Fsp3) is 0.385. The minimum absolute atomic E-state index is 0.0200. The van der Waals surface area contributed by atoms with Gasteiger partial charge in [-0.1, -0.05) is 74.5 Å². The molecule has 36 heavy (non-hydrogen) atoms. The number of benzene rings is 2. The van der Waals surface area contributed by atoms with Crippen molar-refractivity contribution in [2.24, 2.45) is 11.7 Å². The lowest BCUT2D eigenvalue weighted by molar-refractivity contribution is -0.142. The van der Waals surface area contributed by atoms with Crippen molar-refractivity contribution in [2.45, 2.75) is 50.9 Å². The molecule has 0 saturated heterocycles. The molecule has 6 N–H and O–H groups in total. The van der Waals surface area contributed by atoms with E-state index < -0.39 is 47.9 Å². The van der Waals surface area contributed by atoms with Crippen LogP contribution in [0.4, 0.5) is 0 Å². The molecule has 0 radical (unpaired) electrons. The van der Waals surface area contributed by atoms with Gasteiger partial charge in [-0.3, -0.25) is 14.4 Å². The summed E-state index contributed by atoms with van der Waals surface area (Å²) in [5.41, 5.74) is 7.38. The SMILES string of the molecule is CC(C)C(N)C(=O)NC(CS)C(=O)NC(Cc1ccccc1)C(=O)NC(Cc1ccccc1)C(=O)O. The van der Waals surface area contributed by atoms with Crippen molar-refractivity contribution < 1.29 is 24.3 Å².